The summed E-state index contributed by atoms with van der Waals surface area (Å²) in [6.07, 6.45) is 0. The molecule has 0 atom stereocenters. The van der Waals surface area contributed by atoms with Crippen LogP contribution in [0.5, 0.6) is 5.75 Å². The molecule has 1 aromatic heterocycles. The van der Waals surface area contributed by atoms with Crippen molar-refractivity contribution in [2.45, 2.75) is 17.6 Å². The lowest BCUT2D eigenvalue weighted by molar-refractivity contribution is 0.0450. The van der Waals surface area contributed by atoms with Gasteiger partial charge in [-0.3, -0.25) is 0 Å². The van der Waals surface area contributed by atoms with E-state index >= 15 is 0 Å². The number of carbonyl (C=O) groups excluding carboxylic acids is 1. The number of nitrogens with zero attached hydrogens (tertiary/aromatic N) is 2. The molecule has 2 aromatic carbocycles. The number of nitriles is 1. The van der Waals surface area contributed by atoms with Crippen LogP contribution in [0.2, 0.25) is 0 Å². The number of aromatic nitrogens is 1. The van der Waals surface area contributed by atoms with Crippen LogP contribution >= 0.6 is 23.1 Å². The molecule has 0 spiro atoms. The van der Waals surface area contributed by atoms with Crippen LogP contribution in [-0.4, -0.2) is 24.2 Å². The van der Waals surface area contributed by atoms with Gasteiger partial charge in [-0.25, -0.2) is 9.78 Å². The monoisotopic (exact) mass is 410 g/mol. The smallest absolute Gasteiger partial charge is 0.338 e. The van der Waals surface area contributed by atoms with Gasteiger partial charge in [-0.1, -0.05) is 0 Å². The number of rotatable bonds is 8. The van der Waals surface area contributed by atoms with Gasteiger partial charge < -0.3 is 9.47 Å². The van der Waals surface area contributed by atoms with E-state index in [-0.39, 0.29) is 19.2 Å². The van der Waals surface area contributed by atoms with E-state index in [4.69, 9.17) is 14.7 Å². The number of benzene rings is 2. The highest BCUT2D eigenvalue weighted by molar-refractivity contribution is 7.98. The fourth-order valence-electron chi connectivity index (χ4n) is 2.32. The maximum atomic E-state index is 12.1. The molecule has 1 heterocycles. The summed E-state index contributed by atoms with van der Waals surface area (Å²) < 4.78 is 10.7. The van der Waals surface area contributed by atoms with Gasteiger partial charge in [0, 0.05) is 16.0 Å². The summed E-state index contributed by atoms with van der Waals surface area (Å²) >= 11 is 3.33. The summed E-state index contributed by atoms with van der Waals surface area (Å²) in [5.41, 5.74) is 2.15. The predicted octanol–water partition coefficient (Wildman–Crippen LogP) is 4.85. The molecular formula is C21H18N2O3S2. The Hall–Kier alpha value is -2.82. The highest BCUT2D eigenvalue weighted by Gasteiger charge is 2.08. The minimum Gasteiger partial charge on any atom is -0.490 e. The van der Waals surface area contributed by atoms with Gasteiger partial charge in [0.2, 0.25) is 0 Å². The Labute approximate surface area is 171 Å². The Morgan fingerprint density at radius 1 is 1.14 bits per heavy atom. The molecule has 0 N–H and O–H groups in total. The van der Waals surface area contributed by atoms with Crippen LogP contribution < -0.4 is 4.74 Å². The van der Waals surface area contributed by atoms with Gasteiger partial charge >= 0.3 is 5.97 Å². The largest absolute Gasteiger partial charge is 0.490 e. The Balaban J connectivity index is 1.40. The van der Waals surface area contributed by atoms with Crippen LogP contribution in [0.25, 0.3) is 0 Å². The highest BCUT2D eigenvalue weighted by atomic mass is 32.2. The maximum Gasteiger partial charge on any atom is 0.338 e. The summed E-state index contributed by atoms with van der Waals surface area (Å²) in [5, 5.41) is 11.9. The van der Waals surface area contributed by atoms with Gasteiger partial charge in [0.05, 0.1) is 27.9 Å². The lowest BCUT2D eigenvalue weighted by Gasteiger charge is -2.08. The quantitative estimate of drug-likeness (QED) is 0.300. The van der Waals surface area contributed by atoms with Crippen LogP contribution in [0.15, 0.2) is 58.8 Å². The van der Waals surface area contributed by atoms with E-state index in [1.54, 1.807) is 59.5 Å². The third kappa shape index (κ3) is 5.84. The van der Waals surface area contributed by atoms with Crippen molar-refractivity contribution in [2.24, 2.45) is 0 Å². The molecule has 5 nitrogen and oxygen atoms in total. The molecule has 142 valence electrons. The molecule has 0 aliphatic carbocycles. The molecule has 0 amide bonds. The Kier molecular flexibility index (Phi) is 7.06. The molecule has 3 aromatic rings. The number of thiazole rings is 1. The van der Waals surface area contributed by atoms with Crippen molar-refractivity contribution in [1.82, 2.24) is 4.98 Å². The van der Waals surface area contributed by atoms with Crippen LogP contribution in [0.4, 0.5) is 0 Å². The Morgan fingerprint density at radius 2 is 1.89 bits per heavy atom. The number of thioether (sulfide) groups is 1. The first-order valence-electron chi connectivity index (χ1n) is 8.58. The van der Waals surface area contributed by atoms with Crippen LogP contribution in [0.3, 0.4) is 0 Å². The zero-order valence-corrected chi connectivity index (χ0v) is 16.9. The van der Waals surface area contributed by atoms with Crippen LogP contribution in [0, 0.1) is 18.3 Å². The minimum atomic E-state index is -0.380. The number of carbonyl (C=O) groups is 1. The van der Waals surface area contributed by atoms with Gasteiger partial charge in [-0.2, -0.15) is 5.26 Å². The molecule has 0 bridgehead atoms. The molecule has 28 heavy (non-hydrogen) atoms. The van der Waals surface area contributed by atoms with Gasteiger partial charge in [0.25, 0.3) is 0 Å². The third-order valence-corrected chi connectivity index (χ3v) is 5.58. The Morgan fingerprint density at radius 3 is 2.54 bits per heavy atom. The number of esters is 1. The summed E-state index contributed by atoms with van der Waals surface area (Å²) in [6.45, 7) is 2.39. The van der Waals surface area contributed by atoms with Gasteiger partial charge in [-0.15, -0.1) is 23.1 Å². The fraction of sp³-hybridized carbons (Fsp3) is 0.190. The van der Waals surface area contributed by atoms with Crippen molar-refractivity contribution < 1.29 is 14.3 Å². The van der Waals surface area contributed by atoms with E-state index in [1.165, 1.54) is 0 Å². The average molecular weight is 411 g/mol. The van der Waals surface area contributed by atoms with Gasteiger partial charge in [-0.05, 0) is 55.5 Å². The zero-order chi connectivity index (χ0) is 19.8. The second-order valence-electron chi connectivity index (χ2n) is 5.79. The molecule has 3 rings (SSSR count). The van der Waals surface area contributed by atoms with E-state index in [2.05, 4.69) is 10.4 Å². The lowest BCUT2D eigenvalue weighted by atomic mass is 10.2. The van der Waals surface area contributed by atoms with Crippen molar-refractivity contribution in [3.05, 3.63) is 75.7 Å². The number of hydrogen-bond donors (Lipinski definition) is 0. The lowest BCUT2D eigenvalue weighted by Crippen LogP contribution is -2.12. The second-order valence-corrected chi connectivity index (χ2v) is 7.90. The van der Waals surface area contributed by atoms with Crippen molar-refractivity contribution >= 4 is 29.1 Å². The minimum absolute atomic E-state index is 0.151. The third-order valence-electron chi connectivity index (χ3n) is 3.71. The molecule has 7 heteroatoms. The SMILES string of the molecule is Cc1nc(CSc2ccc(C(=O)OCCOc3ccc(C#N)cc3)cc2)cs1. The van der Waals surface area contributed by atoms with Crippen molar-refractivity contribution in [3.8, 4) is 11.8 Å². The average Bonchev–Trinajstić information content (AvgIpc) is 3.15. The van der Waals surface area contributed by atoms with Gasteiger partial charge in [0.1, 0.15) is 19.0 Å². The zero-order valence-electron chi connectivity index (χ0n) is 15.3. The molecule has 0 radical (unpaired) electrons. The molecular weight excluding hydrogens is 392 g/mol. The normalized spacial score (nSPS) is 10.3. The van der Waals surface area contributed by atoms with E-state index in [0.29, 0.717) is 16.9 Å². The second kappa shape index (κ2) is 9.93. The van der Waals surface area contributed by atoms with E-state index in [9.17, 15) is 4.79 Å². The fourth-order valence-corrected chi connectivity index (χ4v) is 3.83. The highest BCUT2D eigenvalue weighted by Crippen LogP contribution is 2.24. The van der Waals surface area contributed by atoms with E-state index in [1.807, 2.05) is 25.1 Å². The molecule has 0 aliphatic rings. The van der Waals surface area contributed by atoms with Crippen molar-refractivity contribution in [2.75, 3.05) is 13.2 Å². The predicted molar refractivity (Wildman–Crippen MR) is 110 cm³/mol. The van der Waals surface area contributed by atoms with E-state index in [0.717, 1.165) is 21.3 Å². The standard InChI is InChI=1S/C21H18N2O3S2/c1-15-23-18(13-27-15)14-28-20-8-4-17(5-9-20)21(24)26-11-10-25-19-6-2-16(12-22)3-7-19/h2-9,13H,10-11,14H2,1H3. The first-order chi connectivity index (χ1) is 13.6. The summed E-state index contributed by atoms with van der Waals surface area (Å²) in [7, 11) is 0. The summed E-state index contributed by atoms with van der Waals surface area (Å²) in [6, 6.07) is 16.2. The molecule has 0 saturated heterocycles. The van der Waals surface area contributed by atoms with Crippen LogP contribution in [-0.2, 0) is 10.5 Å². The van der Waals surface area contributed by atoms with Gasteiger partial charge in [0.15, 0.2) is 0 Å². The van der Waals surface area contributed by atoms with E-state index < -0.39 is 0 Å². The topological polar surface area (TPSA) is 72.2 Å². The first kappa shape index (κ1) is 19.9. The molecule has 0 saturated carbocycles. The number of aryl methyl sites for hydroxylation is 1. The molecule has 0 unspecified atom stereocenters. The Bertz CT molecular complexity index is 961. The number of hydrogen-bond acceptors (Lipinski definition) is 7. The maximum absolute atomic E-state index is 12.1. The molecule has 0 aliphatic heterocycles. The number of ether oxygens (including phenoxy) is 2. The van der Waals surface area contributed by atoms with Crippen molar-refractivity contribution in [3.63, 3.8) is 0 Å². The summed E-state index contributed by atoms with van der Waals surface area (Å²) in [4.78, 5) is 17.6. The summed E-state index contributed by atoms with van der Waals surface area (Å²) in [5.74, 6) is 1.06. The van der Waals surface area contributed by atoms with Crippen LogP contribution in [0.1, 0.15) is 26.6 Å². The van der Waals surface area contributed by atoms with Crippen molar-refractivity contribution in [1.29, 1.82) is 5.26 Å². The first-order valence-corrected chi connectivity index (χ1v) is 10.4. The molecule has 0 fully saturated rings.